The number of hydrogen-bond donors (Lipinski definition) is 1. The van der Waals surface area contributed by atoms with Crippen molar-refractivity contribution in [3.63, 3.8) is 0 Å². The number of hydrogen-bond acceptors (Lipinski definition) is 6. The Kier molecular flexibility index (Phi) is 8.57. The first-order valence-electron chi connectivity index (χ1n) is 10.1. The van der Waals surface area contributed by atoms with Crippen molar-refractivity contribution in [3.8, 4) is 11.5 Å². The highest BCUT2D eigenvalue weighted by atomic mass is 127. The molecule has 0 unspecified atom stereocenters. The lowest BCUT2D eigenvalue weighted by molar-refractivity contribution is -0.122. The Morgan fingerprint density at radius 3 is 2.59 bits per heavy atom. The molecule has 0 aromatic heterocycles. The maximum atomic E-state index is 12.5. The van der Waals surface area contributed by atoms with Gasteiger partial charge in [-0.25, -0.2) is 0 Å². The molecule has 1 saturated heterocycles. The molecule has 3 rings (SSSR count). The second kappa shape index (κ2) is 11.4. The normalized spacial score (nSPS) is 14.7. The van der Waals surface area contributed by atoms with Crippen molar-refractivity contribution in [2.75, 3.05) is 25.1 Å². The van der Waals surface area contributed by atoms with Crippen LogP contribution in [0, 0.1) is 3.57 Å². The Morgan fingerprint density at radius 1 is 1.16 bits per heavy atom. The maximum absolute atomic E-state index is 12.5. The molecule has 0 atom stereocenters. The minimum absolute atomic E-state index is 0.180. The van der Waals surface area contributed by atoms with Gasteiger partial charge in [0.25, 0.3) is 17.1 Å². The molecule has 7 nitrogen and oxygen atoms in total. The molecule has 0 aliphatic carbocycles. The lowest BCUT2D eigenvalue weighted by Crippen LogP contribution is -2.28. The second-order valence-electron chi connectivity index (χ2n) is 6.80. The van der Waals surface area contributed by atoms with Crippen LogP contribution in [0.5, 0.6) is 11.5 Å². The minimum atomic E-state index is -0.289. The summed E-state index contributed by atoms with van der Waals surface area (Å²) >= 11 is 3.03. The highest BCUT2D eigenvalue weighted by Crippen LogP contribution is 2.37. The van der Waals surface area contributed by atoms with Crippen LogP contribution in [0.15, 0.2) is 47.4 Å². The smallest absolute Gasteiger partial charge is 0.293 e. The summed E-state index contributed by atoms with van der Waals surface area (Å²) in [5.74, 6) is 0.341. The third-order valence-corrected chi connectivity index (χ3v) is 6.06. The molecule has 1 aliphatic heterocycles. The highest BCUT2D eigenvalue weighted by molar-refractivity contribution is 14.1. The van der Waals surface area contributed by atoms with Gasteiger partial charge >= 0.3 is 0 Å². The van der Waals surface area contributed by atoms with Gasteiger partial charge in [-0.1, -0.05) is 25.1 Å². The monoisotopic (exact) mass is 566 g/mol. The van der Waals surface area contributed by atoms with Crippen LogP contribution in [-0.2, 0) is 9.59 Å². The van der Waals surface area contributed by atoms with Gasteiger partial charge in [0.1, 0.15) is 0 Å². The van der Waals surface area contributed by atoms with Crippen molar-refractivity contribution in [1.82, 2.24) is 4.90 Å². The topological polar surface area (TPSA) is 84.9 Å². The second-order valence-corrected chi connectivity index (χ2v) is 8.95. The summed E-state index contributed by atoms with van der Waals surface area (Å²) in [4.78, 5) is 38.5. The van der Waals surface area contributed by atoms with E-state index in [1.807, 2.05) is 38.1 Å². The standard InChI is InChI=1S/C23H23IN2O5S/c1-3-10-26-22(28)19(32-23(26)29)13-15-11-17(24)21(18(12-15)30-4-2)31-14-20(27)25-16-8-6-5-7-9-16/h5-9,11-13H,3-4,10,14H2,1-2H3,(H,25,27)/b19-13+. The fourth-order valence-corrected chi connectivity index (χ4v) is 4.64. The van der Waals surface area contributed by atoms with Gasteiger partial charge in [-0.15, -0.1) is 0 Å². The molecular weight excluding hydrogens is 543 g/mol. The van der Waals surface area contributed by atoms with Gasteiger partial charge in [0.2, 0.25) is 0 Å². The minimum Gasteiger partial charge on any atom is -0.490 e. The molecule has 1 aliphatic rings. The van der Waals surface area contributed by atoms with Crippen molar-refractivity contribution >= 4 is 63.2 Å². The number of ether oxygens (including phenoxy) is 2. The average Bonchev–Trinajstić information content (AvgIpc) is 3.02. The number of nitrogens with zero attached hydrogens (tertiary/aromatic N) is 1. The number of halogens is 1. The number of thioether (sulfide) groups is 1. The number of para-hydroxylation sites is 1. The third kappa shape index (κ3) is 6.04. The number of carbonyl (C=O) groups excluding carboxylic acids is 3. The van der Waals surface area contributed by atoms with Crippen LogP contribution in [0.2, 0.25) is 0 Å². The zero-order valence-corrected chi connectivity index (χ0v) is 20.7. The van der Waals surface area contributed by atoms with Gasteiger partial charge in [0.05, 0.1) is 15.1 Å². The first kappa shape index (κ1) is 24.1. The summed E-state index contributed by atoms with van der Waals surface area (Å²) in [7, 11) is 0. The lowest BCUT2D eigenvalue weighted by Gasteiger charge is -2.15. The number of anilines is 1. The van der Waals surface area contributed by atoms with Gasteiger partial charge in [-0.3, -0.25) is 19.3 Å². The molecule has 168 valence electrons. The summed E-state index contributed by atoms with van der Waals surface area (Å²) in [6.07, 6.45) is 2.39. The largest absolute Gasteiger partial charge is 0.490 e. The Balaban J connectivity index is 1.77. The quantitative estimate of drug-likeness (QED) is 0.334. The van der Waals surface area contributed by atoms with Crippen molar-refractivity contribution in [3.05, 3.63) is 56.5 Å². The molecule has 1 N–H and O–H groups in total. The van der Waals surface area contributed by atoms with Crippen LogP contribution in [0.25, 0.3) is 6.08 Å². The summed E-state index contributed by atoms with van der Waals surface area (Å²) in [6, 6.07) is 12.7. The van der Waals surface area contributed by atoms with Gasteiger partial charge in [-0.2, -0.15) is 0 Å². The van der Waals surface area contributed by atoms with E-state index in [-0.39, 0.29) is 23.7 Å². The van der Waals surface area contributed by atoms with Gasteiger partial charge in [0, 0.05) is 12.2 Å². The number of imide groups is 1. The molecule has 0 bridgehead atoms. The molecular formula is C23H23IN2O5S. The van der Waals surface area contributed by atoms with Crippen LogP contribution < -0.4 is 14.8 Å². The van der Waals surface area contributed by atoms with Crippen molar-refractivity contribution in [2.45, 2.75) is 20.3 Å². The number of rotatable bonds is 9. The van der Waals surface area contributed by atoms with Crippen LogP contribution in [-0.4, -0.2) is 41.7 Å². The summed E-state index contributed by atoms with van der Waals surface area (Å²) < 4.78 is 12.2. The van der Waals surface area contributed by atoms with E-state index >= 15 is 0 Å². The summed E-state index contributed by atoms with van der Waals surface area (Å²) in [5, 5.41) is 2.52. The Labute approximate surface area is 204 Å². The molecule has 2 aromatic carbocycles. The predicted octanol–water partition coefficient (Wildman–Crippen LogP) is 5.15. The first-order chi connectivity index (χ1) is 15.4. The van der Waals surface area contributed by atoms with Crippen LogP contribution in [0.3, 0.4) is 0 Å². The van der Waals surface area contributed by atoms with E-state index in [2.05, 4.69) is 27.9 Å². The van der Waals surface area contributed by atoms with Crippen LogP contribution in [0.4, 0.5) is 10.5 Å². The molecule has 0 spiro atoms. The number of benzene rings is 2. The van der Waals surface area contributed by atoms with Gasteiger partial charge in [0.15, 0.2) is 18.1 Å². The average molecular weight is 566 g/mol. The fourth-order valence-electron chi connectivity index (χ4n) is 3.00. The number of carbonyl (C=O) groups is 3. The van der Waals surface area contributed by atoms with E-state index in [0.29, 0.717) is 47.2 Å². The van der Waals surface area contributed by atoms with Gasteiger partial charge in [-0.05, 0) is 83.6 Å². The maximum Gasteiger partial charge on any atom is 0.293 e. The van der Waals surface area contributed by atoms with Crippen molar-refractivity contribution in [1.29, 1.82) is 0 Å². The molecule has 0 radical (unpaired) electrons. The van der Waals surface area contributed by atoms with E-state index in [0.717, 1.165) is 15.3 Å². The molecule has 0 saturated carbocycles. The molecule has 1 heterocycles. The Morgan fingerprint density at radius 2 is 1.91 bits per heavy atom. The van der Waals surface area contributed by atoms with E-state index in [4.69, 9.17) is 9.47 Å². The van der Waals surface area contributed by atoms with E-state index in [1.165, 1.54) is 4.90 Å². The summed E-state index contributed by atoms with van der Waals surface area (Å²) in [5.41, 5.74) is 1.40. The third-order valence-electron chi connectivity index (χ3n) is 4.36. The zero-order chi connectivity index (χ0) is 23.1. The van der Waals surface area contributed by atoms with Crippen molar-refractivity contribution in [2.24, 2.45) is 0 Å². The SMILES string of the molecule is CCCN1C(=O)S/C(=C/c2cc(I)c(OCC(=O)Nc3ccccc3)c(OCC)c2)C1=O. The fraction of sp³-hybridized carbons (Fsp3) is 0.261. The molecule has 32 heavy (non-hydrogen) atoms. The van der Waals surface area contributed by atoms with Crippen LogP contribution >= 0.6 is 34.4 Å². The first-order valence-corrected chi connectivity index (χ1v) is 12.0. The zero-order valence-electron chi connectivity index (χ0n) is 17.7. The Hall–Kier alpha value is -2.53. The summed E-state index contributed by atoms with van der Waals surface area (Å²) in [6.45, 7) is 4.39. The molecule has 9 heteroatoms. The van der Waals surface area contributed by atoms with E-state index in [1.54, 1.807) is 24.3 Å². The Bertz CT molecular complexity index is 1040. The molecule has 1 fully saturated rings. The van der Waals surface area contributed by atoms with Gasteiger partial charge < -0.3 is 14.8 Å². The van der Waals surface area contributed by atoms with Crippen molar-refractivity contribution < 1.29 is 23.9 Å². The van der Waals surface area contributed by atoms with E-state index < -0.39 is 0 Å². The molecule has 3 amide bonds. The number of amides is 3. The van der Waals surface area contributed by atoms with Crippen LogP contribution in [0.1, 0.15) is 25.8 Å². The predicted molar refractivity (Wildman–Crippen MR) is 134 cm³/mol. The molecule has 2 aromatic rings. The lowest BCUT2D eigenvalue weighted by atomic mass is 10.2. The van der Waals surface area contributed by atoms with E-state index in [9.17, 15) is 14.4 Å². The number of nitrogens with one attached hydrogen (secondary N) is 1. The highest BCUT2D eigenvalue weighted by Gasteiger charge is 2.34.